The Bertz CT molecular complexity index is 1610. The Kier molecular flexibility index (Phi) is 9.09. The van der Waals surface area contributed by atoms with E-state index in [0.717, 1.165) is 48.4 Å². The number of rotatable bonds is 5. The smallest absolute Gasteiger partial charge is 0.475 e. The van der Waals surface area contributed by atoms with Crippen molar-refractivity contribution in [2.45, 2.75) is 12.4 Å². The van der Waals surface area contributed by atoms with Crippen molar-refractivity contribution in [3.05, 3.63) is 72.4 Å². The Morgan fingerprint density at radius 1 is 0.977 bits per heavy atom. The number of carboxylic acids is 1. The van der Waals surface area contributed by atoms with Gasteiger partial charge in [-0.1, -0.05) is 0 Å². The lowest BCUT2D eigenvalue weighted by Gasteiger charge is -2.29. The Morgan fingerprint density at radius 3 is 2.23 bits per heavy atom. The van der Waals surface area contributed by atoms with Crippen molar-refractivity contribution in [2.75, 3.05) is 36.4 Å². The van der Waals surface area contributed by atoms with Gasteiger partial charge in [0.15, 0.2) is 0 Å². The first-order valence-corrected chi connectivity index (χ1v) is 12.3. The summed E-state index contributed by atoms with van der Waals surface area (Å²) in [6.45, 7) is 3.47. The molecule has 0 unspecified atom stereocenters. The van der Waals surface area contributed by atoms with Gasteiger partial charge in [-0.3, -0.25) is 0 Å². The lowest BCUT2D eigenvalue weighted by Crippen LogP contribution is -2.43. The highest BCUT2D eigenvalue weighted by Crippen LogP contribution is 2.28. The van der Waals surface area contributed by atoms with Crippen molar-refractivity contribution in [2.24, 2.45) is 0 Å². The number of halogens is 6. The molecule has 4 aromatic rings. The molecule has 0 spiro atoms. The monoisotopic (exact) mass is 605 g/mol. The van der Waals surface area contributed by atoms with Crippen LogP contribution in [0, 0.1) is 11.3 Å². The van der Waals surface area contributed by atoms with E-state index in [2.05, 4.69) is 41.7 Å². The van der Waals surface area contributed by atoms with Gasteiger partial charge in [-0.05, 0) is 48.5 Å². The van der Waals surface area contributed by atoms with Gasteiger partial charge in [0, 0.05) is 49.3 Å². The quantitative estimate of drug-likeness (QED) is 0.280. The van der Waals surface area contributed by atoms with E-state index in [4.69, 9.17) is 9.90 Å². The number of carboxylic acid groups (broad SMARTS) is 1. The second-order valence-electron chi connectivity index (χ2n) is 8.87. The maximum absolute atomic E-state index is 12.8. The molecular weight excluding hydrogens is 584 g/mol. The van der Waals surface area contributed by atoms with Crippen LogP contribution in [0.2, 0.25) is 0 Å². The average molecular weight is 606 g/mol. The molecule has 2 aromatic heterocycles. The zero-order valence-electron chi connectivity index (χ0n) is 21.9. The molecule has 0 aliphatic carbocycles. The summed E-state index contributed by atoms with van der Waals surface area (Å²) in [7, 11) is 0. The number of piperazine rings is 1. The number of carbonyl (C=O) groups is 1. The van der Waals surface area contributed by atoms with E-state index in [9.17, 15) is 31.6 Å². The largest absolute Gasteiger partial charge is 0.490 e. The molecule has 5 rings (SSSR count). The van der Waals surface area contributed by atoms with Gasteiger partial charge in [-0.25, -0.2) is 24.4 Å². The first-order chi connectivity index (χ1) is 20.3. The molecule has 1 fully saturated rings. The zero-order chi connectivity index (χ0) is 31.2. The molecule has 1 aliphatic heterocycles. The van der Waals surface area contributed by atoms with E-state index in [-0.39, 0.29) is 0 Å². The van der Waals surface area contributed by atoms with Gasteiger partial charge >= 0.3 is 18.3 Å². The molecule has 3 heterocycles. The van der Waals surface area contributed by atoms with Gasteiger partial charge in [0.05, 0.1) is 23.0 Å². The van der Waals surface area contributed by atoms with Gasteiger partial charge in [0.1, 0.15) is 6.33 Å². The highest BCUT2D eigenvalue weighted by Gasteiger charge is 2.38. The zero-order valence-corrected chi connectivity index (χ0v) is 21.9. The normalized spacial score (nSPS) is 13.5. The Hall–Kier alpha value is -5.24. The number of alkyl halides is 6. The Morgan fingerprint density at radius 2 is 1.65 bits per heavy atom. The fourth-order valence-electron chi connectivity index (χ4n) is 3.85. The van der Waals surface area contributed by atoms with Gasteiger partial charge in [0.25, 0.3) is 5.82 Å². The molecule has 0 amide bonds. The SMILES string of the molecule is N#Cc1cc(-c2ccnc(Nc3ccc(-n4cnc(C(F)(F)F)n4)cc3)n2)cc(N2CCNCC2)c1.O=C(O)C(F)(F)F. The second kappa shape index (κ2) is 12.7. The third kappa shape index (κ3) is 8.16. The first kappa shape index (κ1) is 30.7. The van der Waals surface area contributed by atoms with Crippen molar-refractivity contribution in [1.82, 2.24) is 30.0 Å². The van der Waals surface area contributed by atoms with Gasteiger partial charge in [-0.2, -0.15) is 31.6 Å². The van der Waals surface area contributed by atoms with Crippen LogP contribution in [-0.2, 0) is 11.0 Å². The standard InChI is InChI=1S/C24H20F3N9.C2HF3O2/c25-24(26,27)22-31-15-36(34-22)19-3-1-18(2-4-19)32-23-30-6-5-21(33-23)17-11-16(14-28)12-20(13-17)35-9-7-29-8-10-35;3-2(4,5)1(6)7/h1-6,11-13,15,29H,7-10H2,(H,30,32,33);(H,6,7). The molecule has 0 atom stereocenters. The maximum Gasteiger partial charge on any atom is 0.490 e. The molecule has 0 bridgehead atoms. The second-order valence-corrected chi connectivity index (χ2v) is 8.87. The van der Waals surface area contributed by atoms with E-state index in [0.29, 0.717) is 28.6 Å². The van der Waals surface area contributed by atoms with Crippen LogP contribution >= 0.6 is 0 Å². The van der Waals surface area contributed by atoms with Crippen molar-refractivity contribution in [1.29, 1.82) is 5.26 Å². The van der Waals surface area contributed by atoms with Crippen LogP contribution in [0.25, 0.3) is 16.9 Å². The minimum atomic E-state index is -5.08. The molecule has 11 nitrogen and oxygen atoms in total. The van der Waals surface area contributed by atoms with Crippen LogP contribution in [0.4, 0.5) is 43.7 Å². The number of nitrogens with one attached hydrogen (secondary N) is 2. The van der Waals surface area contributed by atoms with Crippen LogP contribution in [0.5, 0.6) is 0 Å². The number of nitriles is 1. The van der Waals surface area contributed by atoms with Crippen molar-refractivity contribution in [3.8, 4) is 23.0 Å². The third-order valence-corrected chi connectivity index (χ3v) is 5.86. The van der Waals surface area contributed by atoms with E-state index in [1.807, 2.05) is 12.1 Å². The molecular formula is C26H21F6N9O2. The lowest BCUT2D eigenvalue weighted by atomic mass is 10.1. The van der Waals surface area contributed by atoms with Crippen LogP contribution < -0.4 is 15.5 Å². The van der Waals surface area contributed by atoms with Crippen LogP contribution in [-0.4, -0.2) is 68.2 Å². The number of hydrogen-bond acceptors (Lipinski definition) is 9. The topological polar surface area (TPSA) is 145 Å². The maximum atomic E-state index is 12.8. The van der Waals surface area contributed by atoms with Gasteiger partial charge in [0.2, 0.25) is 5.95 Å². The highest BCUT2D eigenvalue weighted by atomic mass is 19.4. The molecule has 17 heteroatoms. The fourth-order valence-corrected chi connectivity index (χ4v) is 3.85. The van der Waals surface area contributed by atoms with Crippen LogP contribution in [0.15, 0.2) is 61.1 Å². The summed E-state index contributed by atoms with van der Waals surface area (Å²) in [5.41, 5.74) is 4.03. The number of hydrogen-bond donors (Lipinski definition) is 3. The predicted octanol–water partition coefficient (Wildman–Crippen LogP) is 4.40. The third-order valence-electron chi connectivity index (χ3n) is 5.86. The number of anilines is 3. The number of aliphatic carboxylic acids is 1. The van der Waals surface area contributed by atoms with E-state index in [1.165, 1.54) is 0 Å². The number of benzene rings is 2. The fraction of sp³-hybridized carbons (Fsp3) is 0.231. The first-order valence-electron chi connectivity index (χ1n) is 12.3. The van der Waals surface area contributed by atoms with E-state index in [1.54, 1.807) is 42.6 Å². The molecule has 43 heavy (non-hydrogen) atoms. The van der Waals surface area contributed by atoms with E-state index >= 15 is 0 Å². The minimum Gasteiger partial charge on any atom is -0.475 e. The van der Waals surface area contributed by atoms with Crippen molar-refractivity contribution < 1.29 is 36.2 Å². The summed E-state index contributed by atoms with van der Waals surface area (Å²) < 4.78 is 71.1. The summed E-state index contributed by atoms with van der Waals surface area (Å²) in [5.74, 6) is -3.62. The molecule has 1 aliphatic rings. The van der Waals surface area contributed by atoms with Crippen LogP contribution in [0.1, 0.15) is 11.4 Å². The summed E-state index contributed by atoms with van der Waals surface area (Å²) in [6.07, 6.45) is -7.05. The predicted molar refractivity (Wildman–Crippen MR) is 141 cm³/mol. The summed E-state index contributed by atoms with van der Waals surface area (Å²) in [4.78, 5) is 23.3. The Labute approximate surface area is 239 Å². The van der Waals surface area contributed by atoms with Crippen LogP contribution in [0.3, 0.4) is 0 Å². The molecule has 2 aromatic carbocycles. The Balaban J connectivity index is 0.000000541. The van der Waals surface area contributed by atoms with Crippen molar-refractivity contribution >= 4 is 23.3 Å². The number of aromatic nitrogens is 5. The summed E-state index contributed by atoms with van der Waals surface area (Å²) in [6, 6.07) is 16.3. The van der Waals surface area contributed by atoms with Crippen molar-refractivity contribution in [3.63, 3.8) is 0 Å². The molecule has 0 radical (unpaired) electrons. The molecule has 0 saturated carbocycles. The molecule has 224 valence electrons. The lowest BCUT2D eigenvalue weighted by molar-refractivity contribution is -0.192. The molecule has 1 saturated heterocycles. The van der Waals surface area contributed by atoms with Gasteiger partial charge in [-0.15, -0.1) is 5.10 Å². The van der Waals surface area contributed by atoms with E-state index < -0.39 is 24.1 Å². The highest BCUT2D eigenvalue weighted by molar-refractivity contribution is 5.73. The average Bonchev–Trinajstić information content (AvgIpc) is 3.49. The van der Waals surface area contributed by atoms with Gasteiger partial charge < -0.3 is 20.6 Å². The molecule has 3 N–H and O–H groups in total. The number of nitrogens with zero attached hydrogens (tertiary/aromatic N) is 7. The summed E-state index contributed by atoms with van der Waals surface area (Å²) >= 11 is 0. The summed E-state index contributed by atoms with van der Waals surface area (Å²) in [5, 5.41) is 26.6. The minimum absolute atomic E-state index is 0.339.